The van der Waals surface area contributed by atoms with E-state index < -0.39 is 5.91 Å². The minimum Gasteiger partial charge on any atom is -0.493 e. The van der Waals surface area contributed by atoms with Crippen molar-refractivity contribution in [2.75, 3.05) is 20.8 Å². The van der Waals surface area contributed by atoms with Gasteiger partial charge in [0.1, 0.15) is 11.6 Å². The molecule has 0 aliphatic heterocycles. The first kappa shape index (κ1) is 20.7. The number of benzene rings is 2. The van der Waals surface area contributed by atoms with Crippen LogP contribution in [-0.2, 0) is 11.2 Å². The van der Waals surface area contributed by atoms with Crippen LogP contribution < -0.4 is 14.8 Å². The number of carbonyl (C=O) groups excluding carboxylic acids is 1. The first-order valence-electron chi connectivity index (χ1n) is 9.35. The van der Waals surface area contributed by atoms with Crippen molar-refractivity contribution >= 4 is 12.0 Å². The number of hydrogen-bond donors (Lipinski definition) is 1. The van der Waals surface area contributed by atoms with Crippen molar-refractivity contribution in [3.8, 4) is 23.3 Å². The molecule has 0 saturated carbocycles. The Hall–Kier alpha value is -4.05. The molecule has 0 saturated heterocycles. The highest BCUT2D eigenvalue weighted by atomic mass is 16.5. The minimum atomic E-state index is -0.426. The number of ether oxygens (including phenoxy) is 2. The maximum atomic E-state index is 12.4. The van der Waals surface area contributed by atoms with Gasteiger partial charge in [0, 0.05) is 18.3 Å². The number of nitrogens with zero attached hydrogens (tertiary/aromatic N) is 3. The van der Waals surface area contributed by atoms with Gasteiger partial charge in [0.15, 0.2) is 11.5 Å². The van der Waals surface area contributed by atoms with Gasteiger partial charge in [-0.25, -0.2) is 4.68 Å². The maximum Gasteiger partial charge on any atom is 0.261 e. The molecule has 3 aromatic rings. The largest absolute Gasteiger partial charge is 0.493 e. The van der Waals surface area contributed by atoms with Crippen molar-refractivity contribution in [1.82, 2.24) is 15.1 Å². The molecule has 1 aromatic heterocycles. The van der Waals surface area contributed by atoms with Crippen molar-refractivity contribution in [1.29, 1.82) is 5.26 Å². The van der Waals surface area contributed by atoms with Gasteiger partial charge in [0.05, 0.1) is 26.1 Å². The number of nitrogens with one attached hydrogen (secondary N) is 1. The molecule has 1 N–H and O–H groups in total. The first-order chi connectivity index (χ1) is 14.6. The number of nitriles is 1. The Morgan fingerprint density at radius 3 is 2.63 bits per heavy atom. The molecule has 0 fully saturated rings. The normalized spacial score (nSPS) is 10.9. The second kappa shape index (κ2) is 9.94. The lowest BCUT2D eigenvalue weighted by molar-refractivity contribution is -0.117. The van der Waals surface area contributed by atoms with Crippen LogP contribution in [0, 0.1) is 11.3 Å². The van der Waals surface area contributed by atoms with Gasteiger partial charge in [-0.3, -0.25) is 4.79 Å². The lowest BCUT2D eigenvalue weighted by atomic mass is 10.1. The summed E-state index contributed by atoms with van der Waals surface area (Å²) >= 11 is 0. The molecule has 2 aromatic carbocycles. The van der Waals surface area contributed by atoms with Crippen molar-refractivity contribution < 1.29 is 14.3 Å². The Labute approximate surface area is 175 Å². The van der Waals surface area contributed by atoms with Gasteiger partial charge >= 0.3 is 0 Å². The van der Waals surface area contributed by atoms with Crippen LogP contribution >= 0.6 is 0 Å². The van der Waals surface area contributed by atoms with E-state index >= 15 is 0 Å². The quantitative estimate of drug-likeness (QED) is 0.462. The first-order valence-corrected chi connectivity index (χ1v) is 9.35. The smallest absolute Gasteiger partial charge is 0.261 e. The zero-order valence-electron chi connectivity index (χ0n) is 16.8. The van der Waals surface area contributed by atoms with Gasteiger partial charge in [-0.1, -0.05) is 24.3 Å². The van der Waals surface area contributed by atoms with Gasteiger partial charge in [-0.2, -0.15) is 10.4 Å². The van der Waals surface area contributed by atoms with Gasteiger partial charge in [0.25, 0.3) is 5.91 Å². The molecule has 3 rings (SSSR count). The van der Waals surface area contributed by atoms with Crippen LogP contribution in [0.2, 0.25) is 0 Å². The second-order valence-corrected chi connectivity index (χ2v) is 6.42. The summed E-state index contributed by atoms with van der Waals surface area (Å²) in [7, 11) is 3.16. The van der Waals surface area contributed by atoms with Gasteiger partial charge < -0.3 is 14.8 Å². The van der Waals surface area contributed by atoms with Crippen LogP contribution in [0.25, 0.3) is 11.8 Å². The number of rotatable bonds is 8. The van der Waals surface area contributed by atoms with Crippen LogP contribution in [0.5, 0.6) is 11.5 Å². The summed E-state index contributed by atoms with van der Waals surface area (Å²) in [6, 6.07) is 17.2. The van der Waals surface area contributed by atoms with E-state index in [4.69, 9.17) is 9.47 Å². The van der Waals surface area contributed by atoms with Crippen molar-refractivity contribution in [2.24, 2.45) is 0 Å². The average molecular weight is 402 g/mol. The van der Waals surface area contributed by atoms with Crippen LogP contribution in [0.4, 0.5) is 0 Å². The average Bonchev–Trinajstić information content (AvgIpc) is 3.26. The van der Waals surface area contributed by atoms with E-state index in [0.29, 0.717) is 30.0 Å². The van der Waals surface area contributed by atoms with E-state index in [2.05, 4.69) is 10.4 Å². The monoisotopic (exact) mass is 402 g/mol. The highest BCUT2D eigenvalue weighted by Crippen LogP contribution is 2.27. The Morgan fingerprint density at radius 2 is 1.93 bits per heavy atom. The summed E-state index contributed by atoms with van der Waals surface area (Å²) in [5, 5.41) is 16.4. The number of para-hydroxylation sites is 1. The van der Waals surface area contributed by atoms with Crippen molar-refractivity contribution in [3.05, 3.63) is 77.6 Å². The molecule has 0 radical (unpaired) electrons. The third-order valence-electron chi connectivity index (χ3n) is 4.45. The molecule has 152 valence electrons. The zero-order chi connectivity index (χ0) is 21.3. The fourth-order valence-electron chi connectivity index (χ4n) is 2.90. The number of carbonyl (C=O) groups is 1. The van der Waals surface area contributed by atoms with Crippen LogP contribution in [0.1, 0.15) is 11.1 Å². The standard InChI is InChI=1S/C23H22N4O3/c1-29-21-9-8-17(13-22(21)30-2)10-11-25-23(28)19(14-24)12-18-15-26-27(16-18)20-6-4-3-5-7-20/h3-9,12-13,15-16H,10-11H2,1-2H3,(H,25,28)/b19-12+. The van der Waals surface area contributed by atoms with E-state index in [-0.39, 0.29) is 5.57 Å². The van der Waals surface area contributed by atoms with Gasteiger partial charge in [-0.15, -0.1) is 0 Å². The van der Waals surface area contributed by atoms with E-state index in [1.54, 1.807) is 31.3 Å². The van der Waals surface area contributed by atoms with E-state index in [9.17, 15) is 10.1 Å². The summed E-state index contributed by atoms with van der Waals surface area (Å²) < 4.78 is 12.2. The molecular weight excluding hydrogens is 380 g/mol. The molecule has 0 spiro atoms. The third kappa shape index (κ3) is 5.06. The molecule has 0 bridgehead atoms. The Bertz CT molecular complexity index is 1080. The molecule has 7 nitrogen and oxygen atoms in total. The Morgan fingerprint density at radius 1 is 1.17 bits per heavy atom. The van der Waals surface area contributed by atoms with Crippen molar-refractivity contribution in [2.45, 2.75) is 6.42 Å². The maximum absolute atomic E-state index is 12.4. The lowest BCUT2D eigenvalue weighted by Gasteiger charge is -2.10. The number of hydrogen-bond acceptors (Lipinski definition) is 5. The molecule has 7 heteroatoms. The summed E-state index contributed by atoms with van der Waals surface area (Å²) in [4.78, 5) is 12.4. The molecule has 1 heterocycles. The highest BCUT2D eigenvalue weighted by molar-refractivity contribution is 6.01. The number of methoxy groups -OCH3 is 2. The van der Waals surface area contributed by atoms with Crippen LogP contribution in [0.3, 0.4) is 0 Å². The number of aromatic nitrogens is 2. The van der Waals surface area contributed by atoms with E-state index in [1.807, 2.05) is 54.6 Å². The lowest BCUT2D eigenvalue weighted by Crippen LogP contribution is -2.26. The molecule has 1 amide bonds. The summed E-state index contributed by atoms with van der Waals surface area (Å²) in [6.07, 6.45) is 5.50. The van der Waals surface area contributed by atoms with E-state index in [0.717, 1.165) is 11.3 Å². The predicted molar refractivity (Wildman–Crippen MR) is 113 cm³/mol. The SMILES string of the molecule is COc1ccc(CCNC(=O)/C(C#N)=C/c2cnn(-c3ccccc3)c2)cc1OC. The van der Waals surface area contributed by atoms with E-state index in [1.165, 1.54) is 6.08 Å². The highest BCUT2D eigenvalue weighted by Gasteiger charge is 2.10. The second-order valence-electron chi connectivity index (χ2n) is 6.42. The molecule has 0 aliphatic carbocycles. The fraction of sp³-hybridized carbons (Fsp3) is 0.174. The summed E-state index contributed by atoms with van der Waals surface area (Å²) in [5.74, 6) is 0.857. The molecular formula is C23H22N4O3. The van der Waals surface area contributed by atoms with Crippen LogP contribution in [0.15, 0.2) is 66.5 Å². The Balaban J connectivity index is 1.61. The fourth-order valence-corrected chi connectivity index (χ4v) is 2.90. The minimum absolute atomic E-state index is 0.0231. The third-order valence-corrected chi connectivity index (χ3v) is 4.45. The topological polar surface area (TPSA) is 89.2 Å². The van der Waals surface area contributed by atoms with Crippen molar-refractivity contribution in [3.63, 3.8) is 0 Å². The van der Waals surface area contributed by atoms with Gasteiger partial charge in [0.2, 0.25) is 0 Å². The van der Waals surface area contributed by atoms with Crippen LogP contribution in [-0.4, -0.2) is 36.5 Å². The molecule has 0 unspecified atom stereocenters. The molecule has 0 aliphatic rings. The zero-order valence-corrected chi connectivity index (χ0v) is 16.8. The predicted octanol–water partition coefficient (Wildman–Crippen LogP) is 3.16. The molecule has 30 heavy (non-hydrogen) atoms. The van der Waals surface area contributed by atoms with Gasteiger partial charge in [-0.05, 0) is 42.3 Å². The number of amides is 1. The Kier molecular flexibility index (Phi) is 6.85. The molecule has 0 atom stereocenters. The summed E-state index contributed by atoms with van der Waals surface area (Å²) in [6.45, 7) is 0.386. The summed E-state index contributed by atoms with van der Waals surface area (Å²) in [5.41, 5.74) is 2.58.